The molecule has 2 aliphatic rings. The number of hydrogen-bond donors (Lipinski definition) is 1. The number of likely N-dealkylation sites (tertiary alicyclic amines) is 1. The number of rotatable bonds is 7. The fraction of sp³-hybridized carbons (Fsp3) is 1.00. The van der Waals surface area contributed by atoms with Crippen LogP contribution in [0.4, 0.5) is 0 Å². The molecule has 1 N–H and O–H groups in total. The highest BCUT2D eigenvalue weighted by Gasteiger charge is 2.26. The van der Waals surface area contributed by atoms with Crippen LogP contribution in [0.5, 0.6) is 0 Å². The Bertz CT molecular complexity index is 274. The molecule has 0 amide bonds. The molecule has 2 atom stereocenters. The van der Waals surface area contributed by atoms with E-state index in [4.69, 9.17) is 0 Å². The minimum Gasteiger partial charge on any atom is -0.314 e. The molecule has 21 heavy (non-hydrogen) atoms. The number of piperidine rings is 1. The molecule has 1 heterocycles. The third-order valence-corrected chi connectivity index (χ3v) is 5.52. The van der Waals surface area contributed by atoms with Crippen LogP contribution in [0.25, 0.3) is 0 Å². The summed E-state index contributed by atoms with van der Waals surface area (Å²) in [4.78, 5) is 5.11. The molecule has 1 saturated heterocycles. The lowest BCUT2D eigenvalue weighted by molar-refractivity contribution is 0.143. The van der Waals surface area contributed by atoms with Gasteiger partial charge >= 0.3 is 0 Å². The van der Waals surface area contributed by atoms with Gasteiger partial charge in [-0.2, -0.15) is 0 Å². The summed E-state index contributed by atoms with van der Waals surface area (Å²) >= 11 is 0. The molecule has 1 aliphatic carbocycles. The Kier molecular flexibility index (Phi) is 7.48. The molecule has 0 aromatic heterocycles. The quantitative estimate of drug-likeness (QED) is 0.779. The fourth-order valence-electron chi connectivity index (χ4n) is 4.18. The van der Waals surface area contributed by atoms with Gasteiger partial charge in [0.2, 0.25) is 0 Å². The topological polar surface area (TPSA) is 18.5 Å². The van der Waals surface area contributed by atoms with Gasteiger partial charge in [0.25, 0.3) is 0 Å². The van der Waals surface area contributed by atoms with Crippen molar-refractivity contribution in [2.24, 2.45) is 11.8 Å². The predicted molar refractivity (Wildman–Crippen MR) is 91.8 cm³/mol. The first-order valence-corrected chi connectivity index (χ1v) is 9.29. The van der Waals surface area contributed by atoms with Crippen molar-refractivity contribution in [1.29, 1.82) is 0 Å². The standard InChI is InChI=1S/C18H37N3/c1-4-11-19-18-8-6-5-7-17(18)15-21(3)14-16-9-12-20(2)13-10-16/h16-19H,4-15H2,1-3H3. The number of hydrogen-bond acceptors (Lipinski definition) is 3. The van der Waals surface area contributed by atoms with Crippen molar-refractivity contribution in [3.05, 3.63) is 0 Å². The smallest absolute Gasteiger partial charge is 0.0107 e. The zero-order chi connectivity index (χ0) is 15.1. The number of nitrogens with one attached hydrogen (secondary N) is 1. The second kappa shape index (κ2) is 9.12. The summed E-state index contributed by atoms with van der Waals surface area (Å²) in [5.74, 6) is 1.80. The van der Waals surface area contributed by atoms with E-state index in [9.17, 15) is 0 Å². The van der Waals surface area contributed by atoms with Gasteiger partial charge in [0.15, 0.2) is 0 Å². The van der Waals surface area contributed by atoms with Crippen molar-refractivity contribution in [3.8, 4) is 0 Å². The van der Waals surface area contributed by atoms with E-state index in [1.807, 2.05) is 0 Å². The first kappa shape index (κ1) is 17.2. The lowest BCUT2D eigenvalue weighted by atomic mass is 9.83. The van der Waals surface area contributed by atoms with Crippen LogP contribution in [0.3, 0.4) is 0 Å². The third-order valence-electron chi connectivity index (χ3n) is 5.52. The average molecular weight is 296 g/mol. The maximum atomic E-state index is 3.80. The van der Waals surface area contributed by atoms with Gasteiger partial charge < -0.3 is 15.1 Å². The summed E-state index contributed by atoms with van der Waals surface area (Å²) in [6, 6.07) is 0.777. The van der Waals surface area contributed by atoms with E-state index in [-0.39, 0.29) is 0 Å². The Balaban J connectivity index is 1.73. The summed E-state index contributed by atoms with van der Waals surface area (Å²) in [6.07, 6.45) is 9.74. The Labute approximate surface area is 132 Å². The van der Waals surface area contributed by atoms with Crippen LogP contribution in [0, 0.1) is 11.8 Å². The molecule has 0 bridgehead atoms. The van der Waals surface area contributed by atoms with Crippen molar-refractivity contribution in [2.45, 2.75) is 57.9 Å². The molecule has 124 valence electrons. The molecule has 0 aromatic carbocycles. The Morgan fingerprint density at radius 2 is 1.76 bits per heavy atom. The van der Waals surface area contributed by atoms with Crippen molar-refractivity contribution in [1.82, 2.24) is 15.1 Å². The molecule has 2 fully saturated rings. The van der Waals surface area contributed by atoms with Crippen molar-refractivity contribution in [3.63, 3.8) is 0 Å². The van der Waals surface area contributed by atoms with Gasteiger partial charge in [-0.15, -0.1) is 0 Å². The van der Waals surface area contributed by atoms with Gasteiger partial charge in [-0.05, 0) is 77.7 Å². The summed E-state index contributed by atoms with van der Waals surface area (Å²) in [6.45, 7) is 8.67. The van der Waals surface area contributed by atoms with Crippen LogP contribution >= 0.6 is 0 Å². The zero-order valence-electron chi connectivity index (χ0n) is 14.6. The fourth-order valence-corrected chi connectivity index (χ4v) is 4.18. The molecule has 2 rings (SSSR count). The third kappa shape index (κ3) is 5.88. The highest BCUT2D eigenvalue weighted by Crippen LogP contribution is 2.26. The van der Waals surface area contributed by atoms with Crippen LogP contribution in [0.1, 0.15) is 51.9 Å². The van der Waals surface area contributed by atoms with Gasteiger partial charge in [-0.25, -0.2) is 0 Å². The van der Waals surface area contributed by atoms with E-state index >= 15 is 0 Å². The van der Waals surface area contributed by atoms with Crippen molar-refractivity contribution in [2.75, 3.05) is 46.8 Å². The van der Waals surface area contributed by atoms with E-state index in [1.165, 1.54) is 77.7 Å². The van der Waals surface area contributed by atoms with Crippen molar-refractivity contribution >= 4 is 0 Å². The van der Waals surface area contributed by atoms with Crippen LogP contribution in [0.15, 0.2) is 0 Å². The van der Waals surface area contributed by atoms with Crippen LogP contribution in [-0.4, -0.2) is 62.7 Å². The lowest BCUT2D eigenvalue weighted by Gasteiger charge is -2.37. The van der Waals surface area contributed by atoms with Gasteiger partial charge in [0.1, 0.15) is 0 Å². The van der Waals surface area contributed by atoms with Gasteiger partial charge in [-0.3, -0.25) is 0 Å². The first-order chi connectivity index (χ1) is 10.2. The molecule has 0 radical (unpaired) electrons. The van der Waals surface area contributed by atoms with E-state index in [0.29, 0.717) is 0 Å². The summed E-state index contributed by atoms with van der Waals surface area (Å²) in [5.41, 5.74) is 0. The molecular formula is C18H37N3. The van der Waals surface area contributed by atoms with E-state index in [0.717, 1.165) is 17.9 Å². The molecule has 2 unspecified atom stereocenters. The first-order valence-electron chi connectivity index (χ1n) is 9.29. The van der Waals surface area contributed by atoms with Gasteiger partial charge in [-0.1, -0.05) is 19.8 Å². The molecule has 0 spiro atoms. The molecule has 1 aliphatic heterocycles. The van der Waals surface area contributed by atoms with E-state index in [2.05, 4.69) is 36.1 Å². The van der Waals surface area contributed by atoms with Crippen LogP contribution < -0.4 is 5.32 Å². The van der Waals surface area contributed by atoms with E-state index < -0.39 is 0 Å². The Morgan fingerprint density at radius 1 is 1.05 bits per heavy atom. The summed E-state index contributed by atoms with van der Waals surface area (Å²) < 4.78 is 0. The second-order valence-electron chi connectivity index (χ2n) is 7.57. The molecular weight excluding hydrogens is 258 g/mol. The van der Waals surface area contributed by atoms with Crippen LogP contribution in [-0.2, 0) is 0 Å². The minimum absolute atomic E-state index is 0.777. The summed E-state index contributed by atoms with van der Waals surface area (Å²) in [5, 5.41) is 3.80. The maximum absolute atomic E-state index is 3.80. The van der Waals surface area contributed by atoms with Gasteiger partial charge in [0, 0.05) is 19.1 Å². The minimum atomic E-state index is 0.777. The monoisotopic (exact) mass is 295 g/mol. The van der Waals surface area contributed by atoms with Crippen molar-refractivity contribution < 1.29 is 0 Å². The molecule has 0 aromatic rings. The average Bonchev–Trinajstić information content (AvgIpc) is 2.49. The lowest BCUT2D eigenvalue weighted by Crippen LogP contribution is -2.45. The number of nitrogens with zero attached hydrogens (tertiary/aromatic N) is 2. The molecule has 1 saturated carbocycles. The summed E-state index contributed by atoms with van der Waals surface area (Å²) in [7, 11) is 4.61. The maximum Gasteiger partial charge on any atom is 0.0107 e. The Morgan fingerprint density at radius 3 is 2.48 bits per heavy atom. The zero-order valence-corrected chi connectivity index (χ0v) is 14.6. The second-order valence-corrected chi connectivity index (χ2v) is 7.57. The normalized spacial score (nSPS) is 29.1. The largest absolute Gasteiger partial charge is 0.314 e. The predicted octanol–water partition coefficient (Wildman–Crippen LogP) is 2.82. The van der Waals surface area contributed by atoms with Crippen LogP contribution in [0.2, 0.25) is 0 Å². The van der Waals surface area contributed by atoms with E-state index in [1.54, 1.807) is 0 Å². The molecule has 3 nitrogen and oxygen atoms in total. The molecule has 3 heteroatoms. The highest BCUT2D eigenvalue weighted by molar-refractivity contribution is 4.83. The SMILES string of the molecule is CCCNC1CCCCC1CN(C)CC1CCN(C)CC1. The Hall–Kier alpha value is -0.120. The van der Waals surface area contributed by atoms with Gasteiger partial charge in [0.05, 0.1) is 0 Å². The highest BCUT2D eigenvalue weighted by atomic mass is 15.1.